The van der Waals surface area contributed by atoms with Crippen LogP contribution in [-0.4, -0.2) is 37.2 Å². The van der Waals surface area contributed by atoms with Gasteiger partial charge < -0.3 is 14.2 Å². The first-order valence-electron chi connectivity index (χ1n) is 26.2. The molecule has 1 unspecified atom stereocenters. The Labute approximate surface area is 378 Å². The lowest BCUT2D eigenvalue weighted by Crippen LogP contribution is -2.30. The van der Waals surface area contributed by atoms with Gasteiger partial charge in [0.2, 0.25) is 0 Å². The normalized spacial score (nSPS) is 12.4. The molecule has 0 aromatic heterocycles. The summed E-state index contributed by atoms with van der Waals surface area (Å²) >= 11 is 0. The van der Waals surface area contributed by atoms with Gasteiger partial charge in [-0.2, -0.15) is 0 Å². The number of carbonyl (C=O) groups excluding carboxylic acids is 3. The number of carbonyl (C=O) groups is 3. The van der Waals surface area contributed by atoms with Gasteiger partial charge >= 0.3 is 17.9 Å². The van der Waals surface area contributed by atoms with Crippen LogP contribution < -0.4 is 0 Å². The van der Waals surface area contributed by atoms with Gasteiger partial charge in [0.25, 0.3) is 0 Å². The van der Waals surface area contributed by atoms with Crippen molar-refractivity contribution >= 4 is 17.9 Å². The van der Waals surface area contributed by atoms with Crippen LogP contribution in [-0.2, 0) is 28.6 Å². The highest BCUT2D eigenvalue weighted by atomic mass is 16.6. The average Bonchev–Trinajstić information content (AvgIpc) is 3.26. The third-order valence-corrected chi connectivity index (χ3v) is 11.3. The Morgan fingerprint density at radius 3 is 1.10 bits per heavy atom. The molecule has 6 nitrogen and oxygen atoms in total. The second-order valence-electron chi connectivity index (χ2n) is 17.4. The summed E-state index contributed by atoms with van der Waals surface area (Å²) in [6, 6.07) is 0. The molecule has 0 N–H and O–H groups in total. The number of hydrogen-bond acceptors (Lipinski definition) is 6. The SMILES string of the molecule is CC/C=C\C/C=C\CCCCCCCC(=O)OCC(COC(=O)CCCCC/C=C\C=C/CCCCCCCCC)OC(=O)CCCCCCCCCCCCCCCCC. The summed E-state index contributed by atoms with van der Waals surface area (Å²) in [6.07, 6.45) is 59.5. The molecule has 0 aromatic rings. The zero-order valence-electron chi connectivity index (χ0n) is 40.4. The van der Waals surface area contributed by atoms with E-state index in [-0.39, 0.29) is 31.1 Å². The maximum atomic E-state index is 12.8. The second-order valence-corrected chi connectivity index (χ2v) is 17.4. The fourth-order valence-corrected chi connectivity index (χ4v) is 7.41. The van der Waals surface area contributed by atoms with E-state index in [1.54, 1.807) is 0 Å². The molecule has 0 heterocycles. The number of hydrogen-bond donors (Lipinski definition) is 0. The minimum Gasteiger partial charge on any atom is -0.462 e. The monoisotopic (exact) mass is 855 g/mol. The highest BCUT2D eigenvalue weighted by Gasteiger charge is 2.19. The van der Waals surface area contributed by atoms with E-state index in [1.165, 1.54) is 122 Å². The van der Waals surface area contributed by atoms with Crippen LogP contribution in [0.4, 0.5) is 0 Å². The highest BCUT2D eigenvalue weighted by Crippen LogP contribution is 2.15. The number of ether oxygens (including phenoxy) is 3. The molecule has 0 aliphatic heterocycles. The van der Waals surface area contributed by atoms with E-state index in [9.17, 15) is 14.4 Å². The van der Waals surface area contributed by atoms with Crippen molar-refractivity contribution in [2.24, 2.45) is 0 Å². The molecule has 0 amide bonds. The molecule has 0 aliphatic rings. The first kappa shape index (κ1) is 58.4. The third-order valence-electron chi connectivity index (χ3n) is 11.3. The van der Waals surface area contributed by atoms with Gasteiger partial charge in [0, 0.05) is 19.3 Å². The maximum absolute atomic E-state index is 12.8. The molecule has 6 heteroatoms. The molecule has 1 atom stereocenters. The maximum Gasteiger partial charge on any atom is 0.306 e. The summed E-state index contributed by atoms with van der Waals surface area (Å²) in [5.41, 5.74) is 0. The van der Waals surface area contributed by atoms with Crippen molar-refractivity contribution in [3.8, 4) is 0 Å². The largest absolute Gasteiger partial charge is 0.462 e. The molecule has 354 valence electrons. The Bertz CT molecular complexity index is 1070. The van der Waals surface area contributed by atoms with Gasteiger partial charge in [-0.25, -0.2) is 0 Å². The van der Waals surface area contributed by atoms with E-state index in [1.807, 2.05) is 0 Å². The quantitative estimate of drug-likeness (QED) is 0.0199. The van der Waals surface area contributed by atoms with Crippen molar-refractivity contribution in [1.82, 2.24) is 0 Å². The van der Waals surface area contributed by atoms with Crippen LogP contribution in [0.5, 0.6) is 0 Å². The van der Waals surface area contributed by atoms with Gasteiger partial charge in [0.1, 0.15) is 13.2 Å². The number of unbranched alkanes of at least 4 members (excludes halogenated alkanes) is 29. The van der Waals surface area contributed by atoms with Gasteiger partial charge in [-0.15, -0.1) is 0 Å². The van der Waals surface area contributed by atoms with Gasteiger partial charge in [-0.3, -0.25) is 14.4 Å². The summed E-state index contributed by atoms with van der Waals surface area (Å²) in [4.78, 5) is 37.9. The minimum atomic E-state index is -0.786. The fraction of sp³-hybridized carbons (Fsp3) is 0.800. The van der Waals surface area contributed by atoms with Crippen molar-refractivity contribution < 1.29 is 28.6 Å². The van der Waals surface area contributed by atoms with Crippen LogP contribution in [0, 0.1) is 0 Å². The molecule has 0 saturated carbocycles. The number of rotatable bonds is 47. The molecule has 0 aliphatic carbocycles. The van der Waals surface area contributed by atoms with Gasteiger partial charge in [-0.1, -0.05) is 223 Å². The lowest BCUT2D eigenvalue weighted by Gasteiger charge is -2.18. The molecule has 0 bridgehead atoms. The van der Waals surface area contributed by atoms with E-state index in [4.69, 9.17) is 14.2 Å². The Balaban J connectivity index is 4.40. The topological polar surface area (TPSA) is 78.9 Å². The number of esters is 3. The smallest absolute Gasteiger partial charge is 0.306 e. The van der Waals surface area contributed by atoms with Crippen LogP contribution in [0.3, 0.4) is 0 Å². The Hall–Kier alpha value is -2.63. The Morgan fingerprint density at radius 2 is 0.689 bits per heavy atom. The lowest BCUT2D eigenvalue weighted by molar-refractivity contribution is -0.167. The summed E-state index contributed by atoms with van der Waals surface area (Å²) < 4.78 is 16.8. The molecular formula is C55H98O6. The Kier molecular flexibility index (Phi) is 47.9. The Morgan fingerprint density at radius 1 is 0.361 bits per heavy atom. The average molecular weight is 855 g/mol. The summed E-state index contributed by atoms with van der Waals surface area (Å²) in [5.74, 6) is -0.919. The first-order chi connectivity index (χ1) is 30.0. The molecule has 0 rings (SSSR count). The second kappa shape index (κ2) is 50.0. The lowest BCUT2D eigenvalue weighted by atomic mass is 10.0. The summed E-state index contributed by atoms with van der Waals surface area (Å²) in [5, 5.41) is 0. The van der Waals surface area contributed by atoms with Gasteiger partial charge in [0.15, 0.2) is 6.10 Å². The fourth-order valence-electron chi connectivity index (χ4n) is 7.41. The minimum absolute atomic E-state index is 0.0870. The summed E-state index contributed by atoms with van der Waals surface area (Å²) in [7, 11) is 0. The van der Waals surface area contributed by atoms with Crippen LogP contribution in [0.2, 0.25) is 0 Å². The molecule has 0 fully saturated rings. The van der Waals surface area contributed by atoms with Gasteiger partial charge in [0.05, 0.1) is 0 Å². The molecular weight excluding hydrogens is 757 g/mol. The van der Waals surface area contributed by atoms with Crippen LogP contribution in [0.15, 0.2) is 48.6 Å². The van der Waals surface area contributed by atoms with Crippen LogP contribution in [0.25, 0.3) is 0 Å². The van der Waals surface area contributed by atoms with Crippen molar-refractivity contribution in [3.05, 3.63) is 48.6 Å². The molecule has 61 heavy (non-hydrogen) atoms. The van der Waals surface area contributed by atoms with Crippen molar-refractivity contribution in [2.45, 2.75) is 271 Å². The third kappa shape index (κ3) is 48.3. The zero-order chi connectivity index (χ0) is 44.4. The van der Waals surface area contributed by atoms with Gasteiger partial charge in [-0.05, 0) is 70.6 Å². The zero-order valence-corrected chi connectivity index (χ0v) is 40.4. The number of allylic oxidation sites excluding steroid dienone is 8. The van der Waals surface area contributed by atoms with Crippen LogP contribution in [0.1, 0.15) is 265 Å². The molecule has 0 spiro atoms. The predicted octanol–water partition coefficient (Wildman–Crippen LogP) is 17.1. The highest BCUT2D eigenvalue weighted by molar-refractivity contribution is 5.71. The van der Waals surface area contributed by atoms with Crippen LogP contribution >= 0.6 is 0 Å². The first-order valence-corrected chi connectivity index (χ1v) is 26.2. The molecule has 0 aromatic carbocycles. The molecule has 0 radical (unpaired) electrons. The van der Waals surface area contributed by atoms with E-state index in [0.717, 1.165) is 103 Å². The van der Waals surface area contributed by atoms with E-state index < -0.39 is 6.10 Å². The van der Waals surface area contributed by atoms with E-state index in [0.29, 0.717) is 19.3 Å². The van der Waals surface area contributed by atoms with Crippen molar-refractivity contribution in [3.63, 3.8) is 0 Å². The van der Waals surface area contributed by atoms with E-state index in [2.05, 4.69) is 69.4 Å². The van der Waals surface area contributed by atoms with Crippen molar-refractivity contribution in [1.29, 1.82) is 0 Å². The molecule has 0 saturated heterocycles. The predicted molar refractivity (Wildman–Crippen MR) is 261 cm³/mol. The standard InChI is InChI=1S/C55H98O6/c1-4-7-10-13-16-19-22-25-27-29-30-33-36-39-42-45-48-54(57)60-51-52(50-59-53(56)47-44-41-38-35-32-24-21-18-15-12-9-6-3)61-55(58)49-46-43-40-37-34-31-28-26-23-20-17-14-11-8-5-2/h9,12,18,21,27,29-30,33,52H,4-8,10-11,13-17,19-20,22-26,28,31-32,34-51H2,1-3H3/b12-9-,21-18-,29-27-,33-30-. The summed E-state index contributed by atoms with van der Waals surface area (Å²) in [6.45, 7) is 6.50. The van der Waals surface area contributed by atoms with E-state index >= 15 is 0 Å². The van der Waals surface area contributed by atoms with Crippen molar-refractivity contribution in [2.75, 3.05) is 13.2 Å².